The molecule has 2 rings (SSSR count). The van der Waals surface area contributed by atoms with E-state index in [0.29, 0.717) is 11.7 Å². The maximum Gasteiger partial charge on any atom is 0.267 e. The Morgan fingerprint density at radius 1 is 1.21 bits per heavy atom. The number of primary amides is 1. The second kappa shape index (κ2) is 5.61. The van der Waals surface area contributed by atoms with E-state index in [1.807, 2.05) is 30.3 Å². The standard InChI is InChI=1S/C15H17N3O/c1-10(2)8-12-9-13(14(16)19)18-15(17-12)11-6-4-3-5-7-11/h3-7,9-10H,8H2,1-2H3,(H2,16,19). The van der Waals surface area contributed by atoms with E-state index < -0.39 is 5.91 Å². The van der Waals surface area contributed by atoms with Crippen LogP contribution in [0.15, 0.2) is 36.4 Å². The van der Waals surface area contributed by atoms with E-state index in [-0.39, 0.29) is 5.69 Å². The first-order valence-corrected chi connectivity index (χ1v) is 6.29. The van der Waals surface area contributed by atoms with Crippen molar-refractivity contribution in [3.8, 4) is 11.4 Å². The molecule has 0 aliphatic carbocycles. The highest BCUT2D eigenvalue weighted by Gasteiger charge is 2.11. The molecule has 98 valence electrons. The summed E-state index contributed by atoms with van der Waals surface area (Å²) in [7, 11) is 0. The summed E-state index contributed by atoms with van der Waals surface area (Å²) < 4.78 is 0. The molecule has 0 unspecified atom stereocenters. The van der Waals surface area contributed by atoms with Gasteiger partial charge in [0.05, 0.1) is 0 Å². The van der Waals surface area contributed by atoms with Gasteiger partial charge in [-0.2, -0.15) is 0 Å². The highest BCUT2D eigenvalue weighted by molar-refractivity contribution is 5.91. The van der Waals surface area contributed by atoms with Crippen LogP contribution in [0.2, 0.25) is 0 Å². The monoisotopic (exact) mass is 255 g/mol. The number of hydrogen-bond donors (Lipinski definition) is 1. The van der Waals surface area contributed by atoms with Crippen molar-refractivity contribution in [3.63, 3.8) is 0 Å². The number of benzene rings is 1. The third kappa shape index (κ3) is 3.37. The molecule has 0 spiro atoms. The van der Waals surface area contributed by atoms with E-state index in [9.17, 15) is 4.79 Å². The van der Waals surface area contributed by atoms with E-state index in [2.05, 4.69) is 23.8 Å². The summed E-state index contributed by atoms with van der Waals surface area (Å²) in [5, 5.41) is 0. The maximum absolute atomic E-state index is 11.4. The molecule has 1 aromatic carbocycles. The zero-order valence-electron chi connectivity index (χ0n) is 11.1. The van der Waals surface area contributed by atoms with E-state index in [4.69, 9.17) is 5.73 Å². The summed E-state index contributed by atoms with van der Waals surface area (Å²) in [4.78, 5) is 20.1. The van der Waals surface area contributed by atoms with Crippen LogP contribution in [0.25, 0.3) is 11.4 Å². The number of nitrogens with zero attached hydrogens (tertiary/aromatic N) is 2. The molecular weight excluding hydrogens is 238 g/mol. The largest absolute Gasteiger partial charge is 0.364 e. The number of rotatable bonds is 4. The van der Waals surface area contributed by atoms with Crippen LogP contribution in [0.3, 0.4) is 0 Å². The quantitative estimate of drug-likeness (QED) is 0.912. The zero-order valence-corrected chi connectivity index (χ0v) is 11.1. The topological polar surface area (TPSA) is 68.9 Å². The van der Waals surface area contributed by atoms with Crippen molar-refractivity contribution >= 4 is 5.91 Å². The van der Waals surface area contributed by atoms with Crippen LogP contribution >= 0.6 is 0 Å². The number of nitrogens with two attached hydrogens (primary N) is 1. The summed E-state index contributed by atoms with van der Waals surface area (Å²) in [6, 6.07) is 11.3. The van der Waals surface area contributed by atoms with Crippen molar-refractivity contribution < 1.29 is 4.79 Å². The van der Waals surface area contributed by atoms with Crippen molar-refractivity contribution in [2.45, 2.75) is 20.3 Å². The SMILES string of the molecule is CC(C)Cc1cc(C(N)=O)nc(-c2ccccc2)n1. The first kappa shape index (κ1) is 13.2. The van der Waals surface area contributed by atoms with Gasteiger partial charge in [-0.25, -0.2) is 9.97 Å². The van der Waals surface area contributed by atoms with Crippen molar-refractivity contribution in [3.05, 3.63) is 47.8 Å². The Hall–Kier alpha value is -2.23. The van der Waals surface area contributed by atoms with Gasteiger partial charge in [-0.15, -0.1) is 0 Å². The lowest BCUT2D eigenvalue weighted by molar-refractivity contribution is 0.0995. The molecule has 1 heterocycles. The second-order valence-electron chi connectivity index (χ2n) is 4.90. The van der Waals surface area contributed by atoms with Crippen molar-refractivity contribution in [1.29, 1.82) is 0 Å². The molecule has 0 saturated carbocycles. The molecule has 1 aromatic heterocycles. The van der Waals surface area contributed by atoms with Gasteiger partial charge in [-0.1, -0.05) is 44.2 Å². The predicted molar refractivity (Wildman–Crippen MR) is 74.5 cm³/mol. The Bertz CT molecular complexity index is 579. The van der Waals surface area contributed by atoms with Crippen LogP contribution in [-0.2, 0) is 6.42 Å². The van der Waals surface area contributed by atoms with Gasteiger partial charge in [0, 0.05) is 11.3 Å². The van der Waals surface area contributed by atoms with Crippen molar-refractivity contribution in [2.24, 2.45) is 11.7 Å². The summed E-state index contributed by atoms with van der Waals surface area (Å²) in [5.74, 6) is 0.483. The molecule has 4 nitrogen and oxygen atoms in total. The third-order valence-electron chi connectivity index (χ3n) is 2.68. The van der Waals surface area contributed by atoms with Gasteiger partial charge < -0.3 is 5.73 Å². The maximum atomic E-state index is 11.4. The summed E-state index contributed by atoms with van der Waals surface area (Å²) in [5.41, 5.74) is 7.33. The van der Waals surface area contributed by atoms with Gasteiger partial charge >= 0.3 is 0 Å². The summed E-state index contributed by atoms with van der Waals surface area (Å²) >= 11 is 0. The Morgan fingerprint density at radius 3 is 2.47 bits per heavy atom. The smallest absolute Gasteiger partial charge is 0.267 e. The lowest BCUT2D eigenvalue weighted by atomic mass is 10.1. The minimum atomic E-state index is -0.524. The van der Waals surface area contributed by atoms with E-state index in [1.54, 1.807) is 6.07 Å². The molecule has 0 fully saturated rings. The van der Waals surface area contributed by atoms with Crippen LogP contribution in [0.4, 0.5) is 0 Å². The lowest BCUT2D eigenvalue weighted by Gasteiger charge is -2.08. The molecule has 1 amide bonds. The van der Waals surface area contributed by atoms with Gasteiger partial charge in [-0.05, 0) is 18.4 Å². The van der Waals surface area contributed by atoms with Crippen LogP contribution in [0, 0.1) is 5.92 Å². The number of carbonyl (C=O) groups is 1. The molecule has 4 heteroatoms. The van der Waals surface area contributed by atoms with Crippen LogP contribution < -0.4 is 5.73 Å². The molecule has 0 aliphatic heterocycles. The van der Waals surface area contributed by atoms with Crippen LogP contribution in [0.1, 0.15) is 30.0 Å². The fourth-order valence-corrected chi connectivity index (χ4v) is 1.86. The average Bonchev–Trinajstić information content (AvgIpc) is 2.38. The molecule has 0 aliphatic rings. The van der Waals surface area contributed by atoms with Gasteiger partial charge in [0.15, 0.2) is 5.82 Å². The second-order valence-corrected chi connectivity index (χ2v) is 4.90. The summed E-state index contributed by atoms with van der Waals surface area (Å²) in [6.07, 6.45) is 0.794. The van der Waals surface area contributed by atoms with Crippen LogP contribution in [0.5, 0.6) is 0 Å². The van der Waals surface area contributed by atoms with E-state index >= 15 is 0 Å². The number of hydrogen-bond acceptors (Lipinski definition) is 3. The average molecular weight is 255 g/mol. The normalized spacial score (nSPS) is 10.7. The molecule has 0 atom stereocenters. The molecule has 0 bridgehead atoms. The van der Waals surface area contributed by atoms with Crippen LogP contribution in [-0.4, -0.2) is 15.9 Å². The van der Waals surface area contributed by atoms with Gasteiger partial charge in [0.2, 0.25) is 0 Å². The Morgan fingerprint density at radius 2 is 1.89 bits per heavy atom. The highest BCUT2D eigenvalue weighted by atomic mass is 16.1. The first-order chi connectivity index (χ1) is 9.06. The fourth-order valence-electron chi connectivity index (χ4n) is 1.86. The minimum Gasteiger partial charge on any atom is -0.364 e. The van der Waals surface area contributed by atoms with Crippen molar-refractivity contribution in [1.82, 2.24) is 9.97 Å². The molecule has 2 aromatic rings. The van der Waals surface area contributed by atoms with Gasteiger partial charge in [-0.3, -0.25) is 4.79 Å². The molecule has 2 N–H and O–H groups in total. The van der Waals surface area contributed by atoms with Crippen molar-refractivity contribution in [2.75, 3.05) is 0 Å². The number of amides is 1. The molecular formula is C15H17N3O. The summed E-state index contributed by atoms with van der Waals surface area (Å²) in [6.45, 7) is 4.21. The Kier molecular flexibility index (Phi) is 3.90. The molecule has 0 radical (unpaired) electrons. The highest BCUT2D eigenvalue weighted by Crippen LogP contribution is 2.17. The number of aromatic nitrogens is 2. The van der Waals surface area contributed by atoms with Gasteiger partial charge in [0.25, 0.3) is 5.91 Å². The number of carbonyl (C=O) groups excluding carboxylic acids is 1. The first-order valence-electron chi connectivity index (χ1n) is 6.29. The molecule has 19 heavy (non-hydrogen) atoms. The third-order valence-corrected chi connectivity index (χ3v) is 2.68. The van der Waals surface area contributed by atoms with Gasteiger partial charge in [0.1, 0.15) is 5.69 Å². The fraction of sp³-hybridized carbons (Fsp3) is 0.267. The Labute approximate surface area is 112 Å². The minimum absolute atomic E-state index is 0.268. The lowest BCUT2D eigenvalue weighted by Crippen LogP contribution is -2.15. The molecule has 0 saturated heterocycles. The van der Waals surface area contributed by atoms with E-state index in [0.717, 1.165) is 17.7 Å². The zero-order chi connectivity index (χ0) is 13.8. The van der Waals surface area contributed by atoms with E-state index in [1.165, 1.54) is 0 Å². The predicted octanol–water partition coefficient (Wildman–Crippen LogP) is 2.44. The Balaban J connectivity index is 2.48.